The molecule has 3 aromatic rings. The van der Waals surface area contributed by atoms with Crippen LogP contribution in [0.1, 0.15) is 27.2 Å². The van der Waals surface area contributed by atoms with Gasteiger partial charge >= 0.3 is 0 Å². The summed E-state index contributed by atoms with van der Waals surface area (Å²) in [6.07, 6.45) is 0. The Morgan fingerprint density at radius 3 is 2.41 bits per heavy atom. The summed E-state index contributed by atoms with van der Waals surface area (Å²) in [6.45, 7) is 6.11. The highest BCUT2D eigenvalue weighted by Gasteiger charge is 2.18. The van der Waals surface area contributed by atoms with Crippen molar-refractivity contribution in [1.29, 1.82) is 0 Å². The molecule has 0 bridgehead atoms. The highest BCUT2D eigenvalue weighted by Crippen LogP contribution is 2.25. The first kappa shape index (κ1) is 14.4. The second-order valence-corrected chi connectivity index (χ2v) is 5.80. The van der Waals surface area contributed by atoms with Gasteiger partial charge in [-0.1, -0.05) is 24.3 Å². The molecule has 22 heavy (non-hydrogen) atoms. The molecule has 3 heteroatoms. The van der Waals surface area contributed by atoms with E-state index in [0.717, 1.165) is 22.2 Å². The Morgan fingerprint density at radius 1 is 1.00 bits per heavy atom. The van der Waals surface area contributed by atoms with Crippen LogP contribution in [0.2, 0.25) is 0 Å². The largest absolute Gasteiger partial charge is 0.339 e. The number of nitrogens with zero attached hydrogens (tertiary/aromatic N) is 1. The maximum atomic E-state index is 12.7. The van der Waals surface area contributed by atoms with E-state index in [1.54, 1.807) is 0 Å². The zero-order chi connectivity index (χ0) is 15.9. The monoisotopic (exact) mass is 292 g/mol. The van der Waals surface area contributed by atoms with E-state index in [2.05, 4.69) is 18.3 Å². The van der Waals surface area contributed by atoms with Crippen molar-refractivity contribution in [2.45, 2.75) is 20.8 Å². The van der Waals surface area contributed by atoms with Crippen LogP contribution in [0.5, 0.6) is 0 Å². The molecule has 0 fully saturated rings. The number of hydrogen-bond acceptors (Lipinski definition) is 1. The summed E-state index contributed by atoms with van der Waals surface area (Å²) in [5.41, 5.74) is 6.02. The van der Waals surface area contributed by atoms with Crippen LogP contribution in [0.4, 0.5) is 5.69 Å². The van der Waals surface area contributed by atoms with Gasteiger partial charge in [0.05, 0.1) is 0 Å². The third kappa shape index (κ3) is 2.29. The van der Waals surface area contributed by atoms with Gasteiger partial charge in [-0.25, -0.2) is 0 Å². The highest BCUT2D eigenvalue weighted by molar-refractivity contribution is 6.08. The van der Waals surface area contributed by atoms with E-state index in [-0.39, 0.29) is 5.91 Å². The maximum absolute atomic E-state index is 12.7. The molecular formula is C19H20N2O. The zero-order valence-corrected chi connectivity index (χ0v) is 13.4. The van der Waals surface area contributed by atoms with Gasteiger partial charge in [-0.15, -0.1) is 0 Å². The topological polar surface area (TPSA) is 34.0 Å². The molecule has 0 atom stereocenters. The fraction of sp³-hybridized carbons (Fsp3) is 0.211. The molecule has 0 spiro atoms. The predicted molar refractivity (Wildman–Crippen MR) is 91.5 cm³/mol. The van der Waals surface area contributed by atoms with Crippen molar-refractivity contribution in [2.75, 3.05) is 5.32 Å². The molecule has 0 aliphatic rings. The number of benzene rings is 2. The van der Waals surface area contributed by atoms with Crippen molar-refractivity contribution >= 4 is 22.5 Å². The second kappa shape index (κ2) is 5.34. The maximum Gasteiger partial charge on any atom is 0.272 e. The summed E-state index contributed by atoms with van der Waals surface area (Å²) in [4.78, 5) is 12.7. The van der Waals surface area contributed by atoms with Gasteiger partial charge in [-0.2, -0.15) is 0 Å². The van der Waals surface area contributed by atoms with E-state index in [4.69, 9.17) is 0 Å². The fourth-order valence-electron chi connectivity index (χ4n) is 2.91. The summed E-state index contributed by atoms with van der Waals surface area (Å²) in [5, 5.41) is 4.13. The lowest BCUT2D eigenvalue weighted by Gasteiger charge is -2.09. The van der Waals surface area contributed by atoms with Crippen LogP contribution in [0.3, 0.4) is 0 Å². The number of aryl methyl sites for hydroxylation is 4. The SMILES string of the molecule is Cc1ccc(NC(=O)c2c(C)c3ccccc3n2C)cc1C. The lowest BCUT2D eigenvalue weighted by molar-refractivity contribution is 0.101. The van der Waals surface area contributed by atoms with Crippen molar-refractivity contribution in [3.05, 3.63) is 64.8 Å². The van der Waals surface area contributed by atoms with Crippen LogP contribution in [0.15, 0.2) is 42.5 Å². The average Bonchev–Trinajstić information content (AvgIpc) is 2.75. The average molecular weight is 292 g/mol. The minimum Gasteiger partial charge on any atom is -0.339 e. The normalized spacial score (nSPS) is 10.9. The standard InChI is InChI=1S/C19H20N2O/c1-12-9-10-15(11-13(12)2)20-19(22)18-14(3)16-7-5-6-8-17(16)21(18)4/h5-11H,1-4H3,(H,20,22). The third-order valence-electron chi connectivity index (χ3n) is 4.34. The van der Waals surface area contributed by atoms with Gasteiger partial charge in [0.2, 0.25) is 0 Å². The molecule has 1 aromatic heterocycles. The first-order valence-corrected chi connectivity index (χ1v) is 7.41. The molecule has 0 radical (unpaired) electrons. The number of amides is 1. The third-order valence-corrected chi connectivity index (χ3v) is 4.34. The van der Waals surface area contributed by atoms with Crippen LogP contribution < -0.4 is 5.32 Å². The summed E-state index contributed by atoms with van der Waals surface area (Å²) >= 11 is 0. The second-order valence-electron chi connectivity index (χ2n) is 5.80. The van der Waals surface area contributed by atoms with E-state index in [1.165, 1.54) is 11.1 Å². The molecule has 112 valence electrons. The van der Waals surface area contributed by atoms with Crippen molar-refractivity contribution in [3.8, 4) is 0 Å². The van der Waals surface area contributed by atoms with Crippen LogP contribution in [-0.2, 0) is 7.05 Å². The van der Waals surface area contributed by atoms with Crippen molar-refractivity contribution in [1.82, 2.24) is 4.57 Å². The van der Waals surface area contributed by atoms with E-state index in [9.17, 15) is 4.79 Å². The number of anilines is 1. The Hall–Kier alpha value is -2.55. The Morgan fingerprint density at radius 2 is 1.73 bits per heavy atom. The number of fused-ring (bicyclic) bond motifs is 1. The first-order valence-electron chi connectivity index (χ1n) is 7.41. The Bertz CT molecular complexity index is 836. The minimum absolute atomic E-state index is 0.0700. The van der Waals surface area contributed by atoms with Gasteiger partial charge in [0.25, 0.3) is 5.91 Å². The molecule has 0 saturated heterocycles. The Balaban J connectivity index is 2.00. The van der Waals surface area contributed by atoms with Crippen LogP contribution in [0, 0.1) is 20.8 Å². The molecule has 3 nitrogen and oxygen atoms in total. The molecule has 1 heterocycles. The Labute approximate surface area is 130 Å². The quantitative estimate of drug-likeness (QED) is 0.748. The van der Waals surface area contributed by atoms with Crippen LogP contribution in [-0.4, -0.2) is 10.5 Å². The van der Waals surface area contributed by atoms with Gasteiger partial charge in [0.1, 0.15) is 5.69 Å². The molecular weight excluding hydrogens is 272 g/mol. The van der Waals surface area contributed by atoms with Gasteiger partial charge in [0, 0.05) is 23.6 Å². The predicted octanol–water partition coefficient (Wildman–Crippen LogP) is 4.36. The van der Waals surface area contributed by atoms with Crippen molar-refractivity contribution in [2.24, 2.45) is 7.05 Å². The molecule has 3 rings (SSSR count). The lowest BCUT2D eigenvalue weighted by Crippen LogP contribution is -2.16. The number of para-hydroxylation sites is 1. The van der Waals surface area contributed by atoms with Gasteiger partial charge in [-0.05, 0) is 55.7 Å². The zero-order valence-electron chi connectivity index (χ0n) is 13.4. The lowest BCUT2D eigenvalue weighted by atomic mass is 10.1. The summed E-state index contributed by atoms with van der Waals surface area (Å²) in [6, 6.07) is 14.1. The smallest absolute Gasteiger partial charge is 0.272 e. The van der Waals surface area contributed by atoms with E-state index in [0.29, 0.717) is 5.69 Å². The molecule has 0 saturated carbocycles. The van der Waals surface area contributed by atoms with Gasteiger partial charge in [0.15, 0.2) is 0 Å². The molecule has 0 aliphatic heterocycles. The highest BCUT2D eigenvalue weighted by atomic mass is 16.1. The van der Waals surface area contributed by atoms with E-state index < -0.39 is 0 Å². The van der Waals surface area contributed by atoms with Crippen molar-refractivity contribution < 1.29 is 4.79 Å². The summed E-state index contributed by atoms with van der Waals surface area (Å²) < 4.78 is 1.96. The van der Waals surface area contributed by atoms with E-state index in [1.807, 2.05) is 61.9 Å². The fourth-order valence-corrected chi connectivity index (χ4v) is 2.91. The van der Waals surface area contributed by atoms with Crippen LogP contribution in [0.25, 0.3) is 10.9 Å². The number of carbonyl (C=O) groups excluding carboxylic acids is 1. The number of aromatic nitrogens is 1. The Kier molecular flexibility index (Phi) is 3.49. The first-order chi connectivity index (χ1) is 10.5. The molecule has 0 aliphatic carbocycles. The number of nitrogens with one attached hydrogen (secondary N) is 1. The molecule has 1 amide bonds. The molecule has 0 unspecified atom stereocenters. The van der Waals surface area contributed by atoms with Gasteiger partial charge in [-0.3, -0.25) is 4.79 Å². The van der Waals surface area contributed by atoms with Crippen molar-refractivity contribution in [3.63, 3.8) is 0 Å². The molecule has 1 N–H and O–H groups in total. The number of rotatable bonds is 2. The van der Waals surface area contributed by atoms with E-state index >= 15 is 0 Å². The van der Waals surface area contributed by atoms with Crippen LogP contribution >= 0.6 is 0 Å². The molecule has 2 aromatic carbocycles. The summed E-state index contributed by atoms with van der Waals surface area (Å²) in [5.74, 6) is -0.0700. The number of hydrogen-bond donors (Lipinski definition) is 1. The number of carbonyl (C=O) groups is 1. The minimum atomic E-state index is -0.0700. The summed E-state index contributed by atoms with van der Waals surface area (Å²) in [7, 11) is 1.94. The van der Waals surface area contributed by atoms with Gasteiger partial charge < -0.3 is 9.88 Å².